The van der Waals surface area contributed by atoms with E-state index in [0.717, 1.165) is 0 Å². The van der Waals surface area contributed by atoms with E-state index in [1.807, 2.05) is 6.07 Å². The highest BCUT2D eigenvalue weighted by Crippen LogP contribution is 2.34. The molecule has 0 spiro atoms. The Morgan fingerprint density at radius 2 is 1.77 bits per heavy atom. The predicted molar refractivity (Wildman–Crippen MR) is 81.0 cm³/mol. The molecule has 2 aromatic rings. The molecule has 6 heteroatoms. The van der Waals surface area contributed by atoms with Crippen molar-refractivity contribution in [3.8, 4) is 11.5 Å². The van der Waals surface area contributed by atoms with Gasteiger partial charge in [-0.3, -0.25) is 9.59 Å². The largest absolute Gasteiger partial charge is 0.454 e. The number of fused-ring (bicyclic) bond motifs is 1. The number of nitrogens with zero attached hydrogens (tertiary/aromatic N) is 1. The lowest BCUT2D eigenvalue weighted by atomic mass is 10.2. The third-order valence-corrected chi connectivity index (χ3v) is 3.27. The Morgan fingerprint density at radius 1 is 1.05 bits per heavy atom. The molecule has 1 heterocycles. The van der Waals surface area contributed by atoms with Gasteiger partial charge in [0.25, 0.3) is 0 Å². The molecule has 2 amide bonds. The van der Waals surface area contributed by atoms with E-state index in [9.17, 15) is 9.59 Å². The number of hydrogen-bond donors (Lipinski definition) is 1. The van der Waals surface area contributed by atoms with Crippen LogP contribution in [-0.4, -0.2) is 25.7 Å². The number of likely N-dealkylation sites (N-methyl/N-ethyl adjacent to an activating group) is 1. The first-order valence-corrected chi connectivity index (χ1v) is 6.69. The van der Waals surface area contributed by atoms with Gasteiger partial charge in [0.1, 0.15) is 0 Å². The molecule has 0 saturated heterocycles. The lowest BCUT2D eigenvalue weighted by Gasteiger charge is -2.16. The monoisotopic (exact) mass is 298 g/mol. The maximum absolute atomic E-state index is 12.1. The summed E-state index contributed by atoms with van der Waals surface area (Å²) in [5, 5.41) is 2.56. The van der Waals surface area contributed by atoms with Gasteiger partial charge in [-0.2, -0.15) is 0 Å². The average molecular weight is 298 g/mol. The summed E-state index contributed by atoms with van der Waals surface area (Å²) < 4.78 is 10.4. The highest BCUT2D eigenvalue weighted by molar-refractivity contribution is 6.44. The van der Waals surface area contributed by atoms with Gasteiger partial charge in [0.15, 0.2) is 11.5 Å². The van der Waals surface area contributed by atoms with Crippen LogP contribution in [0.1, 0.15) is 0 Å². The van der Waals surface area contributed by atoms with Crippen molar-refractivity contribution in [2.45, 2.75) is 0 Å². The Kier molecular flexibility index (Phi) is 3.65. The van der Waals surface area contributed by atoms with Crippen LogP contribution in [0.15, 0.2) is 48.5 Å². The van der Waals surface area contributed by atoms with E-state index < -0.39 is 11.8 Å². The first-order valence-electron chi connectivity index (χ1n) is 6.69. The molecule has 0 atom stereocenters. The minimum absolute atomic E-state index is 0.155. The summed E-state index contributed by atoms with van der Waals surface area (Å²) in [6.07, 6.45) is 0. The molecule has 1 aliphatic rings. The van der Waals surface area contributed by atoms with Crippen molar-refractivity contribution in [2.75, 3.05) is 24.1 Å². The summed E-state index contributed by atoms with van der Waals surface area (Å²) >= 11 is 0. The molecule has 0 fully saturated rings. The molecule has 1 aliphatic heterocycles. The van der Waals surface area contributed by atoms with Crippen molar-refractivity contribution < 1.29 is 19.1 Å². The summed E-state index contributed by atoms with van der Waals surface area (Å²) in [5.41, 5.74) is 1.12. The Morgan fingerprint density at radius 3 is 2.55 bits per heavy atom. The van der Waals surface area contributed by atoms with Gasteiger partial charge >= 0.3 is 11.8 Å². The van der Waals surface area contributed by atoms with E-state index in [0.29, 0.717) is 22.9 Å². The number of nitrogens with one attached hydrogen (secondary N) is 1. The Balaban J connectivity index is 1.70. The zero-order chi connectivity index (χ0) is 15.5. The van der Waals surface area contributed by atoms with Gasteiger partial charge in [-0.15, -0.1) is 0 Å². The normalized spacial score (nSPS) is 11.9. The number of anilines is 2. The zero-order valence-corrected chi connectivity index (χ0v) is 11.9. The van der Waals surface area contributed by atoms with Gasteiger partial charge in [0, 0.05) is 24.5 Å². The third-order valence-electron chi connectivity index (χ3n) is 3.27. The van der Waals surface area contributed by atoms with Crippen molar-refractivity contribution >= 4 is 23.2 Å². The lowest BCUT2D eigenvalue weighted by molar-refractivity contribution is -0.134. The minimum Gasteiger partial charge on any atom is -0.454 e. The third kappa shape index (κ3) is 2.71. The molecule has 6 nitrogen and oxygen atoms in total. The molecule has 0 aromatic heterocycles. The van der Waals surface area contributed by atoms with E-state index in [2.05, 4.69) is 5.32 Å². The molecule has 22 heavy (non-hydrogen) atoms. The van der Waals surface area contributed by atoms with Crippen molar-refractivity contribution in [1.82, 2.24) is 0 Å². The zero-order valence-electron chi connectivity index (χ0n) is 11.9. The van der Waals surface area contributed by atoms with Gasteiger partial charge in [-0.1, -0.05) is 18.2 Å². The highest BCUT2D eigenvalue weighted by Gasteiger charge is 2.21. The van der Waals surface area contributed by atoms with Crippen LogP contribution < -0.4 is 19.7 Å². The van der Waals surface area contributed by atoms with E-state index >= 15 is 0 Å². The fourth-order valence-corrected chi connectivity index (χ4v) is 2.08. The van der Waals surface area contributed by atoms with Gasteiger partial charge in [0.05, 0.1) is 0 Å². The molecule has 112 valence electrons. The molecule has 1 N–H and O–H groups in total. The molecular formula is C16H14N2O4. The van der Waals surface area contributed by atoms with Gasteiger partial charge in [-0.25, -0.2) is 0 Å². The van der Waals surface area contributed by atoms with E-state index in [-0.39, 0.29) is 6.79 Å². The number of amides is 2. The first-order chi connectivity index (χ1) is 10.6. The molecule has 0 bridgehead atoms. The first kappa shape index (κ1) is 13.9. The molecule has 0 aliphatic carbocycles. The molecule has 0 saturated carbocycles. The second kappa shape index (κ2) is 5.77. The van der Waals surface area contributed by atoms with Crippen LogP contribution >= 0.6 is 0 Å². The maximum Gasteiger partial charge on any atom is 0.316 e. The summed E-state index contributed by atoms with van der Waals surface area (Å²) in [6, 6.07) is 13.9. The standard InChI is InChI=1S/C16H14N2O4/c1-18(12-5-3-2-4-6-12)16(20)15(19)17-11-7-8-13-14(9-11)22-10-21-13/h2-9H,10H2,1H3,(H,17,19). The molecular weight excluding hydrogens is 284 g/mol. The average Bonchev–Trinajstić information content (AvgIpc) is 3.02. The Bertz CT molecular complexity index is 715. The second-order valence-corrected chi connectivity index (χ2v) is 4.72. The summed E-state index contributed by atoms with van der Waals surface area (Å²) in [6.45, 7) is 0.155. The smallest absolute Gasteiger partial charge is 0.316 e. The minimum atomic E-state index is -0.717. The molecule has 3 rings (SSSR count). The fourth-order valence-electron chi connectivity index (χ4n) is 2.08. The van der Waals surface area contributed by atoms with Crippen LogP contribution in [0.4, 0.5) is 11.4 Å². The van der Waals surface area contributed by atoms with Gasteiger partial charge in [-0.05, 0) is 24.3 Å². The molecule has 0 radical (unpaired) electrons. The number of para-hydroxylation sites is 1. The SMILES string of the molecule is CN(C(=O)C(=O)Nc1ccc2c(c1)OCO2)c1ccccc1. The molecule has 2 aromatic carbocycles. The lowest BCUT2D eigenvalue weighted by Crippen LogP contribution is -2.37. The number of hydrogen-bond acceptors (Lipinski definition) is 4. The fraction of sp³-hybridized carbons (Fsp3) is 0.125. The van der Waals surface area contributed by atoms with E-state index in [4.69, 9.17) is 9.47 Å². The van der Waals surface area contributed by atoms with Crippen LogP contribution in [-0.2, 0) is 9.59 Å². The van der Waals surface area contributed by atoms with Crippen LogP contribution in [0.2, 0.25) is 0 Å². The maximum atomic E-state index is 12.1. The van der Waals surface area contributed by atoms with E-state index in [1.54, 1.807) is 49.5 Å². The van der Waals surface area contributed by atoms with Gasteiger partial charge < -0.3 is 19.7 Å². The molecule has 0 unspecified atom stereocenters. The Labute approximate surface area is 127 Å². The predicted octanol–water partition coefficient (Wildman–Crippen LogP) is 2.02. The van der Waals surface area contributed by atoms with Crippen molar-refractivity contribution in [1.29, 1.82) is 0 Å². The second-order valence-electron chi connectivity index (χ2n) is 4.72. The van der Waals surface area contributed by atoms with Crippen molar-refractivity contribution in [3.63, 3.8) is 0 Å². The van der Waals surface area contributed by atoms with E-state index in [1.165, 1.54) is 4.90 Å². The summed E-state index contributed by atoms with van der Waals surface area (Å²) in [7, 11) is 1.55. The van der Waals surface area contributed by atoms with Crippen LogP contribution in [0.3, 0.4) is 0 Å². The number of carbonyl (C=O) groups excluding carboxylic acids is 2. The van der Waals surface area contributed by atoms with Crippen molar-refractivity contribution in [2.24, 2.45) is 0 Å². The quantitative estimate of drug-likeness (QED) is 0.861. The number of carbonyl (C=O) groups is 2. The summed E-state index contributed by atoms with van der Waals surface area (Å²) in [5.74, 6) is -0.207. The number of ether oxygens (including phenoxy) is 2. The van der Waals surface area contributed by atoms with Crippen LogP contribution in [0, 0.1) is 0 Å². The Hall–Kier alpha value is -3.02. The van der Waals surface area contributed by atoms with Crippen LogP contribution in [0.25, 0.3) is 0 Å². The van der Waals surface area contributed by atoms with Gasteiger partial charge in [0.2, 0.25) is 6.79 Å². The van der Waals surface area contributed by atoms with Crippen LogP contribution in [0.5, 0.6) is 11.5 Å². The topological polar surface area (TPSA) is 67.9 Å². The number of benzene rings is 2. The highest BCUT2D eigenvalue weighted by atomic mass is 16.7. The van der Waals surface area contributed by atoms with Crippen molar-refractivity contribution in [3.05, 3.63) is 48.5 Å². The summed E-state index contributed by atoms with van der Waals surface area (Å²) in [4.78, 5) is 25.5. The number of rotatable bonds is 2.